The largest absolute Gasteiger partial charge is 0.507 e. The molecule has 0 radical (unpaired) electrons. The number of ether oxygens (including phenoxy) is 1. The highest BCUT2D eigenvalue weighted by atomic mass is 16.5. The van der Waals surface area contributed by atoms with Gasteiger partial charge in [0.15, 0.2) is 17.3 Å². The number of aromatic nitrogens is 1. The zero-order valence-corrected chi connectivity index (χ0v) is 18.1. The molecule has 0 saturated carbocycles. The van der Waals surface area contributed by atoms with Gasteiger partial charge in [0.2, 0.25) is 0 Å². The molecular weight excluding hydrogens is 400 g/mol. The molecule has 1 aromatic carbocycles. The Kier molecular flexibility index (Phi) is 5.12. The molecule has 1 aliphatic carbocycles. The van der Waals surface area contributed by atoms with Crippen molar-refractivity contribution in [3.63, 3.8) is 0 Å². The Hall–Kier alpha value is -2.81. The Morgan fingerprint density at radius 3 is 2.45 bits per heavy atom. The second kappa shape index (κ2) is 7.40. The Labute approximate surface area is 179 Å². The molecule has 2 aliphatic rings. The van der Waals surface area contributed by atoms with Crippen LogP contribution in [0.1, 0.15) is 80.0 Å². The van der Waals surface area contributed by atoms with E-state index < -0.39 is 29.9 Å². The highest BCUT2D eigenvalue weighted by molar-refractivity contribution is 6.32. The first-order valence-corrected chi connectivity index (χ1v) is 10.2. The Morgan fingerprint density at radius 2 is 1.84 bits per heavy atom. The number of phenols is 1. The summed E-state index contributed by atoms with van der Waals surface area (Å²) in [7, 11) is 3.72. The van der Waals surface area contributed by atoms with Gasteiger partial charge in [-0.25, -0.2) is 0 Å². The fourth-order valence-corrected chi connectivity index (χ4v) is 4.73. The quantitative estimate of drug-likeness (QED) is 0.549. The van der Waals surface area contributed by atoms with Crippen LogP contribution < -0.4 is 0 Å². The summed E-state index contributed by atoms with van der Waals surface area (Å²) < 4.78 is 5.94. The molecule has 2 heterocycles. The number of ketones is 3. The number of aromatic hydroxyl groups is 1. The normalized spacial score (nSPS) is 25.5. The van der Waals surface area contributed by atoms with Gasteiger partial charge in [-0.1, -0.05) is 6.07 Å². The Bertz CT molecular complexity index is 1120. The first-order chi connectivity index (χ1) is 14.5. The van der Waals surface area contributed by atoms with Crippen molar-refractivity contribution >= 4 is 17.3 Å². The number of aryl methyl sites for hydroxylation is 1. The molecule has 1 aromatic heterocycles. The standard InChI is InChI=1S/C23H26N2O6/c1-9-16-18(19(24-9)10(2)26)22(29)13-7-6-12(21(28)17(13)23(16)30)15-8-14(25(4)5)20(27)11(3)31-15/h6-7,11,14-15,20,24,27-28H,8H2,1-5H3/t11-,14-,15-,20-/m1/s1. The number of phenolic OH excluding ortho intramolecular Hbond substituents is 1. The number of fused-ring (bicyclic) bond motifs is 2. The van der Waals surface area contributed by atoms with Crippen molar-refractivity contribution in [3.8, 4) is 5.75 Å². The van der Waals surface area contributed by atoms with Crippen LogP contribution in [0, 0.1) is 6.92 Å². The highest BCUT2D eigenvalue weighted by Crippen LogP contribution is 2.43. The van der Waals surface area contributed by atoms with Crippen LogP contribution in [0.3, 0.4) is 0 Å². The number of nitrogens with zero attached hydrogens (tertiary/aromatic N) is 1. The minimum Gasteiger partial charge on any atom is -0.507 e. The van der Waals surface area contributed by atoms with E-state index in [-0.39, 0.29) is 45.5 Å². The fraction of sp³-hybridized carbons (Fsp3) is 0.435. The molecule has 2 aromatic rings. The van der Waals surface area contributed by atoms with E-state index in [1.807, 2.05) is 19.0 Å². The second-order valence-corrected chi connectivity index (χ2v) is 8.60. The number of carbonyl (C=O) groups is 3. The number of hydrogen-bond acceptors (Lipinski definition) is 7. The molecule has 1 aliphatic heterocycles. The number of aromatic amines is 1. The molecule has 8 nitrogen and oxygen atoms in total. The molecule has 8 heteroatoms. The van der Waals surface area contributed by atoms with Crippen LogP contribution in [0.2, 0.25) is 0 Å². The molecule has 164 valence electrons. The van der Waals surface area contributed by atoms with Gasteiger partial charge in [0.25, 0.3) is 0 Å². The minimum atomic E-state index is -0.690. The number of Topliss-reactive ketones (excluding diaryl/α,β-unsaturated/α-hetero) is 1. The summed E-state index contributed by atoms with van der Waals surface area (Å²) in [6, 6.07) is 2.89. The van der Waals surface area contributed by atoms with E-state index in [1.54, 1.807) is 19.9 Å². The van der Waals surface area contributed by atoms with Gasteiger partial charge in [0, 0.05) is 29.8 Å². The van der Waals surface area contributed by atoms with E-state index in [1.165, 1.54) is 13.0 Å². The van der Waals surface area contributed by atoms with E-state index in [4.69, 9.17) is 4.74 Å². The number of aliphatic hydroxyl groups excluding tert-OH is 1. The van der Waals surface area contributed by atoms with Gasteiger partial charge in [0.1, 0.15) is 5.75 Å². The molecule has 0 amide bonds. The summed E-state index contributed by atoms with van der Waals surface area (Å²) in [5, 5.41) is 21.5. The number of hydrogen-bond donors (Lipinski definition) is 3. The van der Waals surface area contributed by atoms with Gasteiger partial charge in [-0.05, 0) is 40.4 Å². The average molecular weight is 426 g/mol. The van der Waals surface area contributed by atoms with E-state index in [2.05, 4.69) is 4.98 Å². The third kappa shape index (κ3) is 3.13. The lowest BCUT2D eigenvalue weighted by molar-refractivity contribution is -0.142. The van der Waals surface area contributed by atoms with Crippen molar-refractivity contribution in [1.82, 2.24) is 9.88 Å². The predicted molar refractivity (Wildman–Crippen MR) is 112 cm³/mol. The predicted octanol–water partition coefficient (Wildman–Crippen LogP) is 2.15. The van der Waals surface area contributed by atoms with Gasteiger partial charge < -0.3 is 24.8 Å². The highest BCUT2D eigenvalue weighted by Gasteiger charge is 2.41. The summed E-state index contributed by atoms with van der Waals surface area (Å²) in [5.74, 6) is -1.61. The molecule has 4 rings (SSSR count). The number of aliphatic hydroxyl groups is 1. The third-order valence-electron chi connectivity index (χ3n) is 6.39. The molecule has 3 N–H and O–H groups in total. The molecule has 0 spiro atoms. The van der Waals surface area contributed by atoms with Crippen LogP contribution in [0.25, 0.3) is 0 Å². The number of H-pyrrole nitrogens is 1. The van der Waals surface area contributed by atoms with Crippen molar-refractivity contribution in [1.29, 1.82) is 0 Å². The van der Waals surface area contributed by atoms with Crippen LogP contribution in [-0.4, -0.2) is 69.8 Å². The van der Waals surface area contributed by atoms with Crippen LogP contribution in [0.15, 0.2) is 12.1 Å². The first kappa shape index (κ1) is 21.4. The van der Waals surface area contributed by atoms with Crippen molar-refractivity contribution in [2.75, 3.05) is 14.1 Å². The third-order valence-corrected chi connectivity index (χ3v) is 6.39. The van der Waals surface area contributed by atoms with Crippen LogP contribution in [-0.2, 0) is 4.74 Å². The summed E-state index contributed by atoms with van der Waals surface area (Å²) in [5.41, 5.74) is 1.08. The summed E-state index contributed by atoms with van der Waals surface area (Å²) in [6.07, 6.45) is -1.31. The van der Waals surface area contributed by atoms with Gasteiger partial charge in [-0.15, -0.1) is 0 Å². The second-order valence-electron chi connectivity index (χ2n) is 8.60. The molecular formula is C23H26N2O6. The summed E-state index contributed by atoms with van der Waals surface area (Å²) in [4.78, 5) is 43.2. The van der Waals surface area contributed by atoms with Crippen LogP contribution >= 0.6 is 0 Å². The SMILES string of the molecule is CC(=O)c1[nH]c(C)c2c1C(=O)c1ccc([C@H]3C[C@@H](N(C)C)[C@H](O)[C@@H](C)O3)c(O)c1C2=O. The molecule has 1 fully saturated rings. The number of carbonyl (C=O) groups excluding carboxylic acids is 3. The summed E-state index contributed by atoms with van der Waals surface area (Å²) in [6.45, 7) is 4.71. The number of nitrogens with one attached hydrogen (secondary N) is 1. The zero-order chi connectivity index (χ0) is 22.8. The topological polar surface area (TPSA) is 120 Å². The smallest absolute Gasteiger partial charge is 0.200 e. The van der Waals surface area contributed by atoms with Crippen molar-refractivity contribution < 1.29 is 29.3 Å². The zero-order valence-electron chi connectivity index (χ0n) is 18.1. The summed E-state index contributed by atoms with van der Waals surface area (Å²) >= 11 is 0. The molecule has 0 unspecified atom stereocenters. The Morgan fingerprint density at radius 1 is 1.16 bits per heavy atom. The van der Waals surface area contributed by atoms with Gasteiger partial charge >= 0.3 is 0 Å². The van der Waals surface area contributed by atoms with Gasteiger partial charge in [-0.3, -0.25) is 14.4 Å². The van der Waals surface area contributed by atoms with Gasteiger partial charge in [0.05, 0.1) is 40.7 Å². The average Bonchev–Trinajstić information content (AvgIpc) is 3.06. The van der Waals surface area contributed by atoms with Crippen LogP contribution in [0.5, 0.6) is 5.75 Å². The molecule has 4 atom stereocenters. The lowest BCUT2D eigenvalue weighted by atomic mass is 9.81. The maximum atomic E-state index is 13.3. The molecule has 0 bridgehead atoms. The van der Waals surface area contributed by atoms with Crippen molar-refractivity contribution in [2.24, 2.45) is 0 Å². The number of rotatable bonds is 3. The van der Waals surface area contributed by atoms with Crippen molar-refractivity contribution in [2.45, 2.75) is 51.5 Å². The number of likely N-dealkylation sites (N-methyl/N-ethyl adjacent to an activating group) is 1. The van der Waals surface area contributed by atoms with E-state index >= 15 is 0 Å². The van der Waals surface area contributed by atoms with Crippen LogP contribution in [0.4, 0.5) is 0 Å². The molecule has 31 heavy (non-hydrogen) atoms. The van der Waals surface area contributed by atoms with E-state index in [9.17, 15) is 24.6 Å². The number of benzene rings is 1. The Balaban J connectivity index is 1.82. The fourth-order valence-electron chi connectivity index (χ4n) is 4.73. The minimum absolute atomic E-state index is 0.0629. The van der Waals surface area contributed by atoms with Crippen molar-refractivity contribution in [3.05, 3.63) is 51.3 Å². The van der Waals surface area contributed by atoms with E-state index in [0.717, 1.165) is 0 Å². The first-order valence-electron chi connectivity index (χ1n) is 10.2. The van der Waals surface area contributed by atoms with Gasteiger partial charge in [-0.2, -0.15) is 0 Å². The maximum Gasteiger partial charge on any atom is 0.200 e. The lowest BCUT2D eigenvalue weighted by Crippen LogP contribution is -2.50. The maximum absolute atomic E-state index is 13.3. The monoisotopic (exact) mass is 426 g/mol. The van der Waals surface area contributed by atoms with E-state index in [0.29, 0.717) is 17.7 Å². The lowest BCUT2D eigenvalue weighted by Gasteiger charge is -2.41. The molecule has 1 saturated heterocycles.